The van der Waals surface area contributed by atoms with E-state index in [1.165, 1.54) is 11.8 Å². The van der Waals surface area contributed by atoms with Crippen LogP contribution in [0.25, 0.3) is 6.08 Å². The average Bonchev–Trinajstić information content (AvgIpc) is 3.15. The Kier molecular flexibility index (Phi) is 8.27. The second kappa shape index (κ2) is 11.6. The molecule has 0 spiro atoms. The van der Waals surface area contributed by atoms with Crippen LogP contribution in [0.5, 0.6) is 0 Å². The van der Waals surface area contributed by atoms with Crippen LogP contribution in [0.4, 0.5) is 11.4 Å². The van der Waals surface area contributed by atoms with E-state index in [0.717, 1.165) is 46.0 Å². The van der Waals surface area contributed by atoms with Crippen molar-refractivity contribution in [2.75, 3.05) is 11.4 Å². The number of rotatable bonds is 7. The van der Waals surface area contributed by atoms with Crippen molar-refractivity contribution in [1.29, 1.82) is 0 Å². The van der Waals surface area contributed by atoms with Crippen molar-refractivity contribution in [3.05, 3.63) is 87.2 Å². The first-order valence-corrected chi connectivity index (χ1v) is 14.6. The molecule has 3 aromatic rings. The second-order valence-electron chi connectivity index (χ2n) is 8.61. The van der Waals surface area contributed by atoms with Gasteiger partial charge in [0.1, 0.15) is 4.32 Å². The van der Waals surface area contributed by atoms with Crippen molar-refractivity contribution in [3.63, 3.8) is 0 Å². The SMILES string of the molecule is O=C1C(=Cc2ccc(Cl)cc2)SC(=S)N1CCCCCC(=O)N1c2ccccc2Sc2ccc(Cl)cc21. The normalized spacial score (nSPS) is 15.8. The molecular weight excluding hydrogens is 563 g/mol. The Bertz CT molecular complexity index is 1410. The van der Waals surface area contributed by atoms with Gasteiger partial charge in [-0.25, -0.2) is 0 Å². The van der Waals surface area contributed by atoms with Crippen LogP contribution in [0.3, 0.4) is 0 Å². The van der Waals surface area contributed by atoms with E-state index in [9.17, 15) is 9.59 Å². The van der Waals surface area contributed by atoms with Gasteiger partial charge in [0, 0.05) is 32.8 Å². The fraction of sp³-hybridized carbons (Fsp3) is 0.179. The molecule has 0 radical (unpaired) electrons. The summed E-state index contributed by atoms with van der Waals surface area (Å²) in [5.74, 6) is -0.0373. The summed E-state index contributed by atoms with van der Waals surface area (Å²) in [5.41, 5.74) is 2.62. The van der Waals surface area contributed by atoms with Gasteiger partial charge in [-0.2, -0.15) is 0 Å². The van der Waals surface area contributed by atoms with Crippen LogP contribution in [0.15, 0.2) is 81.4 Å². The van der Waals surface area contributed by atoms with Gasteiger partial charge >= 0.3 is 0 Å². The van der Waals surface area contributed by atoms with Crippen molar-refractivity contribution in [2.45, 2.75) is 35.5 Å². The maximum atomic E-state index is 13.4. The minimum absolute atomic E-state index is 0.0350. The monoisotopic (exact) mass is 584 g/mol. The van der Waals surface area contributed by atoms with Crippen molar-refractivity contribution in [3.8, 4) is 0 Å². The van der Waals surface area contributed by atoms with Gasteiger partial charge in [-0.1, -0.05) is 89.6 Å². The lowest BCUT2D eigenvalue weighted by Gasteiger charge is -2.31. The fourth-order valence-corrected chi connectivity index (χ4v) is 6.87. The summed E-state index contributed by atoms with van der Waals surface area (Å²) in [5, 5.41) is 1.25. The number of thiocarbonyl (C=S) groups is 1. The Labute approximate surface area is 240 Å². The summed E-state index contributed by atoms with van der Waals surface area (Å²) in [7, 11) is 0. The Balaban J connectivity index is 1.17. The highest BCUT2D eigenvalue weighted by molar-refractivity contribution is 8.26. The third kappa shape index (κ3) is 5.91. The highest BCUT2D eigenvalue weighted by Crippen LogP contribution is 2.49. The van der Waals surface area contributed by atoms with Crippen LogP contribution in [0.1, 0.15) is 31.2 Å². The highest BCUT2D eigenvalue weighted by Gasteiger charge is 2.32. The van der Waals surface area contributed by atoms with Crippen molar-refractivity contribution in [1.82, 2.24) is 4.90 Å². The van der Waals surface area contributed by atoms with E-state index in [2.05, 4.69) is 0 Å². The third-order valence-corrected chi connectivity index (χ3v) is 9.05. The number of amides is 2. The molecule has 2 heterocycles. The number of fused-ring (bicyclic) bond motifs is 2. The van der Waals surface area contributed by atoms with E-state index in [1.807, 2.05) is 60.7 Å². The minimum Gasteiger partial charge on any atom is -0.293 e. The smallest absolute Gasteiger partial charge is 0.266 e. The zero-order valence-corrected chi connectivity index (χ0v) is 23.6. The third-order valence-electron chi connectivity index (χ3n) is 6.05. The average molecular weight is 586 g/mol. The van der Waals surface area contributed by atoms with Crippen molar-refractivity contribution < 1.29 is 9.59 Å². The van der Waals surface area contributed by atoms with Crippen LogP contribution >= 0.6 is 58.9 Å². The van der Waals surface area contributed by atoms with E-state index in [4.69, 9.17) is 35.4 Å². The van der Waals surface area contributed by atoms with E-state index >= 15 is 0 Å². The van der Waals surface area contributed by atoms with Crippen LogP contribution < -0.4 is 4.90 Å². The highest BCUT2D eigenvalue weighted by atomic mass is 35.5. The van der Waals surface area contributed by atoms with Gasteiger partial charge < -0.3 is 0 Å². The van der Waals surface area contributed by atoms with Crippen molar-refractivity contribution in [2.24, 2.45) is 0 Å². The lowest BCUT2D eigenvalue weighted by molar-refractivity contribution is -0.122. The number of carbonyl (C=O) groups is 2. The number of anilines is 2. The Morgan fingerprint density at radius 2 is 1.59 bits per heavy atom. The quantitative estimate of drug-likeness (QED) is 0.158. The van der Waals surface area contributed by atoms with Gasteiger partial charge in [0.2, 0.25) is 5.91 Å². The minimum atomic E-state index is -0.0723. The number of thioether (sulfide) groups is 1. The Morgan fingerprint density at radius 3 is 2.41 bits per heavy atom. The van der Waals surface area contributed by atoms with E-state index in [0.29, 0.717) is 32.2 Å². The fourth-order valence-electron chi connectivity index (χ4n) is 4.23. The van der Waals surface area contributed by atoms with Gasteiger partial charge in [-0.05, 0) is 66.9 Å². The molecular formula is C28H22Cl2N2O2S3. The first kappa shape index (κ1) is 26.3. The largest absolute Gasteiger partial charge is 0.293 e. The molecule has 0 bridgehead atoms. The van der Waals surface area contributed by atoms with Gasteiger partial charge in [0.15, 0.2) is 0 Å². The standard InChI is InChI=1S/C28H22Cl2N2O2S3/c29-19-11-9-18(10-12-19)16-25-27(34)31(28(35)37-25)15-5-1-2-8-26(33)32-21-6-3-4-7-23(21)36-24-14-13-20(30)17-22(24)32/h3-4,6-7,9-14,16-17H,1-2,5,8,15H2. The summed E-state index contributed by atoms with van der Waals surface area (Å²) < 4.78 is 0.567. The molecule has 1 fully saturated rings. The first-order valence-electron chi connectivity index (χ1n) is 11.8. The number of hydrogen-bond acceptors (Lipinski definition) is 5. The summed E-state index contributed by atoms with van der Waals surface area (Å²) in [6.45, 7) is 0.540. The summed E-state index contributed by atoms with van der Waals surface area (Å²) >= 11 is 20.6. The van der Waals surface area contributed by atoms with Crippen LogP contribution in [0.2, 0.25) is 10.0 Å². The molecule has 188 valence electrons. The maximum absolute atomic E-state index is 13.4. The predicted molar refractivity (Wildman–Crippen MR) is 159 cm³/mol. The Hall–Kier alpha value is -2.29. The topological polar surface area (TPSA) is 40.6 Å². The van der Waals surface area contributed by atoms with Gasteiger partial charge in [-0.15, -0.1) is 0 Å². The molecule has 2 aliphatic heterocycles. The zero-order valence-electron chi connectivity index (χ0n) is 19.7. The molecule has 4 nitrogen and oxygen atoms in total. The van der Waals surface area contributed by atoms with Gasteiger partial charge in [0.25, 0.3) is 5.91 Å². The number of nitrogens with zero attached hydrogens (tertiary/aromatic N) is 2. The molecule has 5 rings (SSSR count). The van der Waals surface area contributed by atoms with Crippen molar-refractivity contribution >= 4 is 92.5 Å². The zero-order chi connectivity index (χ0) is 25.9. The molecule has 0 aromatic heterocycles. The number of hydrogen-bond donors (Lipinski definition) is 0. The molecule has 3 aromatic carbocycles. The second-order valence-corrected chi connectivity index (χ2v) is 12.2. The molecule has 0 saturated carbocycles. The molecule has 0 unspecified atom stereocenters. The number of halogens is 2. The lowest BCUT2D eigenvalue weighted by atomic mass is 10.1. The van der Waals surface area contributed by atoms with Gasteiger partial charge in [0.05, 0.1) is 16.3 Å². The molecule has 2 aliphatic rings. The summed E-state index contributed by atoms with van der Waals surface area (Å²) in [4.78, 5) is 32.4. The summed E-state index contributed by atoms with van der Waals surface area (Å²) in [6, 6.07) is 20.9. The lowest BCUT2D eigenvalue weighted by Crippen LogP contribution is -2.29. The van der Waals surface area contributed by atoms with Crippen LogP contribution in [0, 0.1) is 0 Å². The number of benzene rings is 3. The molecule has 37 heavy (non-hydrogen) atoms. The molecule has 9 heteroatoms. The van der Waals surface area contributed by atoms with Crippen LogP contribution in [-0.4, -0.2) is 27.6 Å². The molecule has 0 aliphatic carbocycles. The maximum Gasteiger partial charge on any atom is 0.266 e. The first-order chi connectivity index (χ1) is 17.9. The Morgan fingerprint density at radius 1 is 0.865 bits per heavy atom. The molecule has 0 atom stereocenters. The van der Waals surface area contributed by atoms with E-state index < -0.39 is 0 Å². The predicted octanol–water partition coefficient (Wildman–Crippen LogP) is 8.58. The van der Waals surface area contributed by atoms with Crippen LogP contribution in [-0.2, 0) is 9.59 Å². The molecule has 0 N–H and O–H groups in total. The number of para-hydroxylation sites is 1. The number of carbonyl (C=O) groups excluding carboxylic acids is 2. The van der Waals surface area contributed by atoms with E-state index in [-0.39, 0.29) is 11.8 Å². The van der Waals surface area contributed by atoms with E-state index in [1.54, 1.807) is 33.7 Å². The number of unbranched alkanes of at least 4 members (excludes halogenated alkanes) is 2. The molecule has 2 amide bonds. The van der Waals surface area contributed by atoms with Gasteiger partial charge in [-0.3, -0.25) is 19.4 Å². The summed E-state index contributed by atoms with van der Waals surface area (Å²) in [6.07, 6.45) is 4.54. The molecule has 1 saturated heterocycles.